The number of hydrogen-bond donors (Lipinski definition) is 1. The molecule has 0 unspecified atom stereocenters. The molecule has 1 amide bonds. The van der Waals surface area contributed by atoms with Crippen LogP contribution in [-0.4, -0.2) is 23.8 Å². The van der Waals surface area contributed by atoms with Gasteiger partial charge in [0, 0.05) is 21.8 Å². The number of ether oxygens (including phenoxy) is 1. The summed E-state index contributed by atoms with van der Waals surface area (Å²) in [5, 5.41) is 13.9. The number of carbonyl (C=O) groups is 1. The van der Waals surface area contributed by atoms with Crippen LogP contribution in [0.2, 0.25) is 5.02 Å². The van der Waals surface area contributed by atoms with Crippen LogP contribution in [0.25, 0.3) is 22.4 Å². The number of nitrogens with zero attached hydrogens (tertiary/aromatic N) is 2. The number of thioether (sulfide) groups is 1. The number of nitrogens with one attached hydrogen (secondary N) is 1. The molecule has 4 rings (SSSR count). The van der Waals surface area contributed by atoms with Crippen molar-refractivity contribution in [2.24, 2.45) is 0 Å². The van der Waals surface area contributed by atoms with Crippen molar-refractivity contribution in [3.8, 4) is 34.2 Å². The Balaban J connectivity index is 1.69. The zero-order valence-corrected chi connectivity index (χ0v) is 20.8. The van der Waals surface area contributed by atoms with Gasteiger partial charge in [-0.2, -0.15) is 5.26 Å². The number of carbonyl (C=O) groups excluding carboxylic acids is 1. The number of nitriles is 1. The minimum Gasteiger partial charge on any atom is -0.497 e. The van der Waals surface area contributed by atoms with Crippen molar-refractivity contribution in [2.75, 3.05) is 18.2 Å². The van der Waals surface area contributed by atoms with Crippen molar-refractivity contribution in [1.82, 2.24) is 4.98 Å². The first-order valence-electron chi connectivity index (χ1n) is 10.8. The topological polar surface area (TPSA) is 75.0 Å². The Kier molecular flexibility index (Phi) is 7.71. The molecule has 1 heterocycles. The molecule has 0 spiro atoms. The van der Waals surface area contributed by atoms with E-state index >= 15 is 0 Å². The molecule has 7 heteroatoms. The standard InChI is InChI=1S/C28H22ClN3O2S/c1-18-6-8-20(9-7-18)26-15-24(19-10-12-23(34-2)13-11-19)25(16-30)28(32-26)35-17-27(33)31-22-5-3-4-21(29)14-22/h3-15H,17H2,1-2H3,(H,31,33). The van der Waals surface area contributed by atoms with E-state index in [1.54, 1.807) is 31.4 Å². The summed E-state index contributed by atoms with van der Waals surface area (Å²) >= 11 is 7.24. The summed E-state index contributed by atoms with van der Waals surface area (Å²) in [5.74, 6) is 0.607. The molecule has 5 nitrogen and oxygen atoms in total. The number of aromatic nitrogens is 1. The van der Waals surface area contributed by atoms with Gasteiger partial charge in [0.05, 0.1) is 24.1 Å². The molecule has 35 heavy (non-hydrogen) atoms. The summed E-state index contributed by atoms with van der Waals surface area (Å²) in [5.41, 5.74) is 5.45. The van der Waals surface area contributed by atoms with Crippen molar-refractivity contribution in [3.63, 3.8) is 0 Å². The Hall–Kier alpha value is -3.79. The molecule has 4 aromatic rings. The molecule has 0 radical (unpaired) electrons. The second-order valence-electron chi connectivity index (χ2n) is 7.79. The number of methoxy groups -OCH3 is 1. The third kappa shape index (κ3) is 6.02. The Morgan fingerprint density at radius 1 is 1.06 bits per heavy atom. The summed E-state index contributed by atoms with van der Waals surface area (Å²) in [6.45, 7) is 2.03. The summed E-state index contributed by atoms with van der Waals surface area (Å²) in [4.78, 5) is 17.4. The van der Waals surface area contributed by atoms with E-state index in [0.29, 0.717) is 21.3 Å². The number of benzene rings is 3. The number of pyridine rings is 1. The lowest BCUT2D eigenvalue weighted by Crippen LogP contribution is -2.14. The van der Waals surface area contributed by atoms with Gasteiger partial charge in [0.2, 0.25) is 5.91 Å². The zero-order valence-electron chi connectivity index (χ0n) is 19.2. The van der Waals surface area contributed by atoms with Gasteiger partial charge in [-0.3, -0.25) is 4.79 Å². The molecule has 0 atom stereocenters. The van der Waals surface area contributed by atoms with Crippen LogP contribution in [0.3, 0.4) is 0 Å². The lowest BCUT2D eigenvalue weighted by molar-refractivity contribution is -0.113. The maximum Gasteiger partial charge on any atom is 0.234 e. The Bertz CT molecular complexity index is 1400. The first-order chi connectivity index (χ1) is 17.0. The largest absolute Gasteiger partial charge is 0.497 e. The van der Waals surface area contributed by atoms with E-state index in [0.717, 1.165) is 33.7 Å². The number of hydrogen-bond acceptors (Lipinski definition) is 5. The van der Waals surface area contributed by atoms with Crippen molar-refractivity contribution >= 4 is 35.0 Å². The van der Waals surface area contributed by atoms with Gasteiger partial charge in [-0.25, -0.2) is 4.98 Å². The highest BCUT2D eigenvalue weighted by Gasteiger charge is 2.17. The highest BCUT2D eigenvalue weighted by molar-refractivity contribution is 8.00. The predicted octanol–water partition coefficient (Wildman–Crippen LogP) is 6.99. The predicted molar refractivity (Wildman–Crippen MR) is 142 cm³/mol. The van der Waals surface area contributed by atoms with Crippen LogP contribution in [0.1, 0.15) is 11.1 Å². The molecular weight excluding hydrogens is 478 g/mol. The van der Waals surface area contributed by atoms with Gasteiger partial charge in [0.25, 0.3) is 0 Å². The maximum absolute atomic E-state index is 12.6. The van der Waals surface area contributed by atoms with E-state index in [4.69, 9.17) is 21.3 Å². The van der Waals surface area contributed by atoms with Gasteiger partial charge in [0.1, 0.15) is 16.8 Å². The van der Waals surface area contributed by atoms with E-state index in [9.17, 15) is 10.1 Å². The Morgan fingerprint density at radius 3 is 2.43 bits per heavy atom. The van der Waals surface area contributed by atoms with Crippen molar-refractivity contribution in [2.45, 2.75) is 11.9 Å². The fourth-order valence-corrected chi connectivity index (χ4v) is 4.49. The van der Waals surface area contributed by atoms with Gasteiger partial charge in [0.15, 0.2) is 0 Å². The minimum absolute atomic E-state index is 0.0909. The van der Waals surface area contributed by atoms with Gasteiger partial charge < -0.3 is 10.1 Å². The average molecular weight is 500 g/mol. The van der Waals surface area contributed by atoms with Crippen LogP contribution < -0.4 is 10.1 Å². The Labute approximate surface area is 213 Å². The molecule has 3 aromatic carbocycles. The second-order valence-corrected chi connectivity index (χ2v) is 9.19. The SMILES string of the molecule is COc1ccc(-c2cc(-c3ccc(C)cc3)nc(SCC(=O)Nc3cccc(Cl)c3)c2C#N)cc1. The van der Waals surface area contributed by atoms with Gasteiger partial charge >= 0.3 is 0 Å². The molecule has 0 saturated heterocycles. The normalized spacial score (nSPS) is 10.5. The summed E-state index contributed by atoms with van der Waals surface area (Å²) in [6.07, 6.45) is 0. The highest BCUT2D eigenvalue weighted by Crippen LogP contribution is 2.35. The third-order valence-corrected chi connectivity index (χ3v) is 6.51. The van der Waals surface area contributed by atoms with Crippen molar-refractivity contribution in [1.29, 1.82) is 5.26 Å². The molecule has 0 aliphatic carbocycles. The van der Waals surface area contributed by atoms with E-state index in [1.165, 1.54) is 11.8 Å². The summed E-state index contributed by atoms with van der Waals surface area (Å²) in [6, 6.07) is 26.8. The quantitative estimate of drug-likeness (QED) is 0.277. The minimum atomic E-state index is -0.213. The van der Waals surface area contributed by atoms with Crippen LogP contribution in [0.5, 0.6) is 5.75 Å². The van der Waals surface area contributed by atoms with Crippen LogP contribution in [0.15, 0.2) is 83.9 Å². The van der Waals surface area contributed by atoms with E-state index in [2.05, 4.69) is 11.4 Å². The first-order valence-corrected chi connectivity index (χ1v) is 12.2. The molecule has 1 aromatic heterocycles. The average Bonchev–Trinajstić information content (AvgIpc) is 2.87. The molecule has 174 valence electrons. The van der Waals surface area contributed by atoms with Crippen molar-refractivity contribution < 1.29 is 9.53 Å². The number of halogens is 1. The van der Waals surface area contributed by atoms with E-state index in [-0.39, 0.29) is 11.7 Å². The maximum atomic E-state index is 12.6. The monoisotopic (exact) mass is 499 g/mol. The molecule has 0 saturated carbocycles. The molecule has 0 bridgehead atoms. The molecule has 1 N–H and O–H groups in total. The molecule has 0 fully saturated rings. The lowest BCUT2D eigenvalue weighted by Gasteiger charge is -2.13. The van der Waals surface area contributed by atoms with Gasteiger partial charge in [-0.15, -0.1) is 0 Å². The molecule has 0 aliphatic heterocycles. The lowest BCUT2D eigenvalue weighted by atomic mass is 9.99. The second kappa shape index (κ2) is 11.1. The number of amides is 1. The van der Waals surface area contributed by atoms with Crippen LogP contribution in [-0.2, 0) is 4.79 Å². The smallest absolute Gasteiger partial charge is 0.234 e. The van der Waals surface area contributed by atoms with Crippen LogP contribution in [0, 0.1) is 18.3 Å². The van der Waals surface area contributed by atoms with Crippen molar-refractivity contribution in [3.05, 3.63) is 95.0 Å². The number of aryl methyl sites for hydroxylation is 1. The van der Waals surface area contributed by atoms with Crippen LogP contribution >= 0.6 is 23.4 Å². The number of rotatable bonds is 7. The Morgan fingerprint density at radius 2 is 1.77 bits per heavy atom. The zero-order chi connectivity index (χ0) is 24.8. The summed E-state index contributed by atoms with van der Waals surface area (Å²) < 4.78 is 5.28. The fourth-order valence-electron chi connectivity index (χ4n) is 3.50. The number of anilines is 1. The first kappa shape index (κ1) is 24.3. The fraction of sp³-hybridized carbons (Fsp3) is 0.107. The molecule has 0 aliphatic rings. The third-order valence-electron chi connectivity index (χ3n) is 5.29. The van der Waals surface area contributed by atoms with Crippen LogP contribution in [0.4, 0.5) is 5.69 Å². The van der Waals surface area contributed by atoms with Gasteiger partial charge in [-0.05, 0) is 48.9 Å². The van der Waals surface area contributed by atoms with E-state index < -0.39 is 0 Å². The highest BCUT2D eigenvalue weighted by atomic mass is 35.5. The van der Waals surface area contributed by atoms with E-state index in [1.807, 2.05) is 61.5 Å². The van der Waals surface area contributed by atoms with Gasteiger partial charge in [-0.1, -0.05) is 71.4 Å². The summed E-state index contributed by atoms with van der Waals surface area (Å²) in [7, 11) is 1.61. The molecular formula is C28H22ClN3O2S.